The maximum Gasteiger partial charge on any atom is 0.410 e. The highest BCUT2D eigenvalue weighted by Crippen LogP contribution is 2.36. The van der Waals surface area contributed by atoms with E-state index in [-0.39, 0.29) is 30.5 Å². The fourth-order valence-corrected chi connectivity index (χ4v) is 5.57. The molecule has 206 valence electrons. The Kier molecular flexibility index (Phi) is 7.47. The van der Waals surface area contributed by atoms with Gasteiger partial charge in [-0.2, -0.15) is 0 Å². The topological polar surface area (TPSA) is 49.9 Å². The number of Topliss-reactive ketones (excluding diaryl/α,β-unsaturated/α-hetero) is 1. The summed E-state index contributed by atoms with van der Waals surface area (Å²) in [7, 11) is 0. The lowest BCUT2D eigenvalue weighted by molar-refractivity contribution is 0.0270. The largest absolute Gasteiger partial charge is 0.444 e. The Morgan fingerprint density at radius 1 is 1.10 bits per heavy atom. The van der Waals surface area contributed by atoms with E-state index in [1.165, 1.54) is 6.07 Å². The highest BCUT2D eigenvalue weighted by molar-refractivity contribution is 6.13. The van der Waals surface area contributed by atoms with E-state index in [9.17, 15) is 14.0 Å². The molecule has 2 aromatic rings. The van der Waals surface area contributed by atoms with Crippen molar-refractivity contribution in [3.63, 3.8) is 0 Å². The lowest BCUT2D eigenvalue weighted by Crippen LogP contribution is -2.40. The summed E-state index contributed by atoms with van der Waals surface area (Å²) in [6.07, 6.45) is 4.95. The Labute approximate surface area is 229 Å². The van der Waals surface area contributed by atoms with Crippen molar-refractivity contribution in [2.45, 2.75) is 64.3 Å². The van der Waals surface area contributed by atoms with E-state index in [0.29, 0.717) is 62.3 Å². The number of nitrogens with zero attached hydrogens (tertiary/aromatic N) is 2. The molecule has 39 heavy (non-hydrogen) atoms. The van der Waals surface area contributed by atoms with Crippen LogP contribution in [0.3, 0.4) is 0 Å². The van der Waals surface area contributed by atoms with E-state index < -0.39 is 11.3 Å². The van der Waals surface area contributed by atoms with E-state index in [2.05, 4.69) is 4.90 Å². The van der Waals surface area contributed by atoms with Crippen molar-refractivity contribution in [1.29, 1.82) is 0 Å². The number of ketones is 1. The molecule has 1 fully saturated rings. The Bertz CT molecular complexity index is 1330. The van der Waals surface area contributed by atoms with Crippen LogP contribution < -0.4 is 0 Å². The minimum atomic E-state index is -1.54. The van der Waals surface area contributed by atoms with Crippen molar-refractivity contribution < 1.29 is 23.1 Å². The van der Waals surface area contributed by atoms with Gasteiger partial charge in [0.15, 0.2) is 5.78 Å². The third-order valence-corrected chi connectivity index (χ3v) is 7.73. The highest BCUT2D eigenvalue weighted by atomic mass is 19.1. The number of carbonyl (C=O) groups excluding carboxylic acids is 2. The molecule has 0 aromatic heterocycles. The van der Waals surface area contributed by atoms with Crippen LogP contribution in [0.1, 0.15) is 67.1 Å². The fourth-order valence-electron chi connectivity index (χ4n) is 5.57. The monoisotopic (exact) mass is 534 g/mol. The standard InChI is InChI=1S/C32H36F2N2O3/c1-31(2,3)39-30(38)36-14-10-22(11-15-36)23-8-9-27-25(18-23)19-26(29(27)37)20-32(34)12-16-35(17-13-32)21-24-6-4-5-7-28(24)33/h4-10,18,20H,11-17,19,21H2,1-3H3/b26-20+. The van der Waals surface area contributed by atoms with Crippen LogP contribution in [-0.2, 0) is 17.7 Å². The average Bonchev–Trinajstić information content (AvgIpc) is 3.19. The molecule has 0 radical (unpaired) electrons. The van der Waals surface area contributed by atoms with Gasteiger partial charge in [-0.3, -0.25) is 9.69 Å². The summed E-state index contributed by atoms with van der Waals surface area (Å²) in [5, 5.41) is 0. The van der Waals surface area contributed by atoms with Gasteiger partial charge in [-0.1, -0.05) is 42.5 Å². The van der Waals surface area contributed by atoms with E-state index in [1.807, 2.05) is 51.1 Å². The molecule has 1 aliphatic carbocycles. The third kappa shape index (κ3) is 6.30. The molecular weight excluding hydrogens is 498 g/mol. The van der Waals surface area contributed by atoms with Crippen LogP contribution in [0.5, 0.6) is 0 Å². The van der Waals surface area contributed by atoms with Gasteiger partial charge in [-0.05, 0) is 68.9 Å². The van der Waals surface area contributed by atoms with Crippen LogP contribution in [-0.4, -0.2) is 59.1 Å². The van der Waals surface area contributed by atoms with E-state index in [0.717, 1.165) is 16.7 Å². The predicted molar refractivity (Wildman–Crippen MR) is 148 cm³/mol. The number of halogens is 2. The number of likely N-dealkylation sites (tertiary alicyclic amines) is 1. The molecule has 1 saturated heterocycles. The van der Waals surface area contributed by atoms with E-state index in [1.54, 1.807) is 23.1 Å². The first-order valence-corrected chi connectivity index (χ1v) is 13.7. The molecule has 0 saturated carbocycles. The SMILES string of the molecule is CC(C)(C)OC(=O)N1CC=C(c2ccc3c(c2)C/C(=C\C2(F)CCN(Cc4ccccc4F)CC2)C3=O)CC1. The van der Waals surface area contributed by atoms with Crippen molar-refractivity contribution in [2.75, 3.05) is 26.2 Å². The molecular formula is C32H36F2N2O3. The van der Waals surface area contributed by atoms with Gasteiger partial charge in [0.2, 0.25) is 0 Å². The first kappa shape index (κ1) is 27.3. The number of alkyl halides is 1. The molecule has 0 spiro atoms. The second-order valence-corrected chi connectivity index (χ2v) is 11.9. The highest BCUT2D eigenvalue weighted by Gasteiger charge is 2.36. The van der Waals surface area contributed by atoms with E-state index in [4.69, 9.17) is 4.74 Å². The van der Waals surface area contributed by atoms with Crippen molar-refractivity contribution in [2.24, 2.45) is 0 Å². The number of fused-ring (bicyclic) bond motifs is 1. The predicted octanol–water partition coefficient (Wildman–Crippen LogP) is 6.52. The van der Waals surface area contributed by atoms with E-state index >= 15 is 4.39 Å². The van der Waals surface area contributed by atoms with Gasteiger partial charge in [0, 0.05) is 55.8 Å². The third-order valence-electron chi connectivity index (χ3n) is 7.73. The van der Waals surface area contributed by atoms with Crippen LogP contribution in [0.4, 0.5) is 13.6 Å². The molecule has 0 N–H and O–H groups in total. The van der Waals surface area contributed by atoms with Gasteiger partial charge in [-0.25, -0.2) is 13.6 Å². The van der Waals surface area contributed by atoms with Gasteiger partial charge in [0.25, 0.3) is 0 Å². The van der Waals surface area contributed by atoms with Crippen LogP contribution in [0.25, 0.3) is 5.57 Å². The normalized spacial score (nSPS) is 20.6. The number of benzene rings is 2. The van der Waals surface area contributed by atoms with Gasteiger partial charge < -0.3 is 9.64 Å². The molecule has 1 amide bonds. The number of allylic oxidation sites excluding steroid dienone is 2. The molecule has 0 bridgehead atoms. The number of amides is 1. The maximum absolute atomic E-state index is 15.8. The zero-order valence-corrected chi connectivity index (χ0v) is 22.9. The molecule has 5 rings (SSSR count). The molecule has 0 unspecified atom stereocenters. The Morgan fingerprint density at radius 3 is 2.51 bits per heavy atom. The van der Waals surface area contributed by atoms with Gasteiger partial charge in [-0.15, -0.1) is 0 Å². The summed E-state index contributed by atoms with van der Waals surface area (Å²) in [5.74, 6) is -0.342. The summed E-state index contributed by atoms with van der Waals surface area (Å²) in [6.45, 7) is 8.08. The fraction of sp³-hybridized carbons (Fsp3) is 0.438. The Balaban J connectivity index is 1.22. The van der Waals surface area contributed by atoms with Crippen LogP contribution in [0, 0.1) is 5.82 Å². The lowest BCUT2D eigenvalue weighted by Gasteiger charge is -2.35. The maximum atomic E-state index is 15.8. The second kappa shape index (κ2) is 10.7. The van der Waals surface area contributed by atoms with Gasteiger partial charge in [0.1, 0.15) is 17.1 Å². The summed E-state index contributed by atoms with van der Waals surface area (Å²) in [5.41, 5.74) is 2.77. The van der Waals surface area contributed by atoms with Crippen molar-refractivity contribution >= 4 is 17.4 Å². The lowest BCUT2D eigenvalue weighted by atomic mass is 9.90. The number of hydrogen-bond donors (Lipinski definition) is 0. The molecule has 2 heterocycles. The second-order valence-electron chi connectivity index (χ2n) is 11.9. The summed E-state index contributed by atoms with van der Waals surface area (Å²) in [6, 6.07) is 12.5. The Hall–Kier alpha value is -3.32. The van der Waals surface area contributed by atoms with Crippen molar-refractivity contribution in [1.82, 2.24) is 9.80 Å². The van der Waals surface area contributed by atoms with Crippen LogP contribution >= 0.6 is 0 Å². The number of rotatable bonds is 4. The first-order valence-electron chi connectivity index (χ1n) is 13.7. The summed E-state index contributed by atoms with van der Waals surface area (Å²) >= 11 is 0. The molecule has 3 aliphatic rings. The zero-order valence-electron chi connectivity index (χ0n) is 22.9. The van der Waals surface area contributed by atoms with Crippen LogP contribution in [0.15, 0.2) is 60.2 Å². The minimum Gasteiger partial charge on any atom is -0.444 e. The summed E-state index contributed by atoms with van der Waals surface area (Å²) in [4.78, 5) is 29.2. The molecule has 7 heteroatoms. The molecule has 2 aromatic carbocycles. The number of carbonyl (C=O) groups is 2. The number of piperidine rings is 1. The minimum absolute atomic E-state index is 0.101. The summed E-state index contributed by atoms with van der Waals surface area (Å²) < 4.78 is 35.3. The quantitative estimate of drug-likeness (QED) is 0.419. The molecule has 2 aliphatic heterocycles. The van der Waals surface area contributed by atoms with Crippen molar-refractivity contribution in [3.05, 3.63) is 88.3 Å². The number of ether oxygens (including phenoxy) is 1. The molecule has 0 atom stereocenters. The van der Waals surface area contributed by atoms with Gasteiger partial charge >= 0.3 is 6.09 Å². The average molecular weight is 535 g/mol. The zero-order chi connectivity index (χ0) is 27.8. The smallest absolute Gasteiger partial charge is 0.410 e. The van der Waals surface area contributed by atoms with Crippen molar-refractivity contribution in [3.8, 4) is 0 Å². The molecule has 5 nitrogen and oxygen atoms in total. The first-order chi connectivity index (χ1) is 18.5. The van der Waals surface area contributed by atoms with Gasteiger partial charge in [0.05, 0.1) is 0 Å². The number of hydrogen-bond acceptors (Lipinski definition) is 4. The Morgan fingerprint density at radius 2 is 1.85 bits per heavy atom. The van der Waals surface area contributed by atoms with Crippen LogP contribution in [0.2, 0.25) is 0 Å².